The van der Waals surface area contributed by atoms with Gasteiger partial charge in [-0.1, -0.05) is 24.3 Å². The molecule has 0 bridgehead atoms. The summed E-state index contributed by atoms with van der Waals surface area (Å²) >= 11 is 0. The Hall–Kier alpha value is -3.15. The molecule has 0 fully saturated rings. The van der Waals surface area contributed by atoms with Gasteiger partial charge in [-0.15, -0.1) is 0 Å². The lowest BCUT2D eigenvalue weighted by molar-refractivity contribution is -0.137. The molecule has 6 heteroatoms. The lowest BCUT2D eigenvalue weighted by Crippen LogP contribution is -2.13. The van der Waals surface area contributed by atoms with E-state index in [1.54, 1.807) is 14.2 Å². The highest BCUT2D eigenvalue weighted by atomic mass is 19.4. The largest absolute Gasteiger partial charge is 0.497 e. The fourth-order valence-corrected chi connectivity index (χ4v) is 2.87. The first kappa shape index (κ1) is 19.6. The molecule has 1 atom stereocenters. The van der Waals surface area contributed by atoms with Gasteiger partial charge in [0.25, 0.3) is 0 Å². The second-order valence-electron chi connectivity index (χ2n) is 6.20. The molecule has 0 aromatic heterocycles. The molecular weight excluding hydrogens is 367 g/mol. The van der Waals surface area contributed by atoms with Crippen molar-refractivity contribution in [2.24, 2.45) is 0 Å². The van der Waals surface area contributed by atoms with Crippen molar-refractivity contribution in [3.05, 3.63) is 89.5 Å². The first-order chi connectivity index (χ1) is 13.4. The number of ether oxygens (including phenoxy) is 2. The van der Waals surface area contributed by atoms with Crippen molar-refractivity contribution in [1.29, 1.82) is 0 Å². The van der Waals surface area contributed by atoms with E-state index in [1.807, 2.05) is 48.5 Å². The number of benzene rings is 3. The molecule has 0 amide bonds. The highest BCUT2D eigenvalue weighted by Gasteiger charge is 2.30. The lowest BCUT2D eigenvalue weighted by atomic mass is 9.97. The summed E-state index contributed by atoms with van der Waals surface area (Å²) in [6.07, 6.45) is -4.36. The minimum atomic E-state index is -4.36. The Balaban J connectivity index is 1.95. The van der Waals surface area contributed by atoms with Crippen LogP contribution in [0.4, 0.5) is 18.9 Å². The molecule has 0 radical (unpaired) electrons. The monoisotopic (exact) mass is 387 g/mol. The van der Waals surface area contributed by atoms with Gasteiger partial charge in [0.1, 0.15) is 11.5 Å². The van der Waals surface area contributed by atoms with Gasteiger partial charge in [-0.2, -0.15) is 13.2 Å². The molecule has 0 unspecified atom stereocenters. The third-order valence-corrected chi connectivity index (χ3v) is 4.42. The van der Waals surface area contributed by atoms with Crippen LogP contribution in [0.25, 0.3) is 0 Å². The quantitative estimate of drug-likeness (QED) is 0.569. The molecular formula is C22H20F3NO2. The second-order valence-corrected chi connectivity index (χ2v) is 6.20. The number of halogens is 3. The minimum Gasteiger partial charge on any atom is -0.497 e. The molecule has 0 saturated carbocycles. The van der Waals surface area contributed by atoms with Crippen LogP contribution in [0.2, 0.25) is 0 Å². The zero-order chi connectivity index (χ0) is 20.1. The number of alkyl halides is 3. The molecule has 0 aliphatic carbocycles. The molecule has 1 N–H and O–H groups in total. The van der Waals surface area contributed by atoms with Gasteiger partial charge in [0.05, 0.1) is 25.8 Å². The topological polar surface area (TPSA) is 30.5 Å². The van der Waals surface area contributed by atoms with E-state index in [2.05, 4.69) is 5.32 Å². The molecule has 0 heterocycles. The summed E-state index contributed by atoms with van der Waals surface area (Å²) in [6.45, 7) is 0. The highest BCUT2D eigenvalue weighted by molar-refractivity contribution is 5.51. The van der Waals surface area contributed by atoms with Gasteiger partial charge in [-0.3, -0.25) is 0 Å². The standard InChI is InChI=1S/C22H20F3NO2/c1-27-19-11-5-16(6-12-19)21(26-18-9-13-20(28-2)14-10-18)15-3-7-17(8-4-15)22(23,24)25/h3-14,21,26H,1-2H3/t21-/m0/s1. The molecule has 3 aromatic carbocycles. The van der Waals surface area contributed by atoms with Crippen LogP contribution in [-0.4, -0.2) is 14.2 Å². The smallest absolute Gasteiger partial charge is 0.416 e. The first-order valence-electron chi connectivity index (χ1n) is 8.62. The molecule has 3 aromatic rings. The molecule has 0 aliphatic rings. The minimum absolute atomic E-state index is 0.332. The van der Waals surface area contributed by atoms with Crippen molar-refractivity contribution in [2.45, 2.75) is 12.2 Å². The van der Waals surface area contributed by atoms with E-state index < -0.39 is 11.7 Å². The van der Waals surface area contributed by atoms with Crippen molar-refractivity contribution in [3.63, 3.8) is 0 Å². The van der Waals surface area contributed by atoms with Crippen molar-refractivity contribution in [1.82, 2.24) is 0 Å². The second kappa shape index (κ2) is 8.25. The zero-order valence-corrected chi connectivity index (χ0v) is 15.5. The molecule has 146 valence electrons. The van der Waals surface area contributed by atoms with Crippen molar-refractivity contribution >= 4 is 5.69 Å². The van der Waals surface area contributed by atoms with E-state index in [0.717, 1.165) is 29.1 Å². The molecule has 0 aliphatic heterocycles. The van der Waals surface area contributed by atoms with Crippen LogP contribution < -0.4 is 14.8 Å². The van der Waals surface area contributed by atoms with Crippen LogP contribution in [0.3, 0.4) is 0 Å². The van der Waals surface area contributed by atoms with Crippen LogP contribution in [-0.2, 0) is 6.18 Å². The normalized spacial score (nSPS) is 12.3. The van der Waals surface area contributed by atoms with Crippen LogP contribution in [0.1, 0.15) is 22.7 Å². The van der Waals surface area contributed by atoms with Gasteiger partial charge in [-0.25, -0.2) is 0 Å². The lowest BCUT2D eigenvalue weighted by Gasteiger charge is -2.22. The summed E-state index contributed by atoms with van der Waals surface area (Å²) in [7, 11) is 3.17. The number of hydrogen-bond acceptors (Lipinski definition) is 3. The molecule has 0 spiro atoms. The average molecular weight is 387 g/mol. The zero-order valence-electron chi connectivity index (χ0n) is 15.5. The molecule has 28 heavy (non-hydrogen) atoms. The Labute approximate surface area is 161 Å². The Morgan fingerprint density at radius 2 is 1.11 bits per heavy atom. The van der Waals surface area contributed by atoms with Gasteiger partial charge in [0, 0.05) is 5.69 Å². The number of nitrogens with one attached hydrogen (secondary N) is 1. The number of anilines is 1. The predicted octanol–water partition coefficient (Wildman–Crippen LogP) is 5.92. The Kier molecular flexibility index (Phi) is 5.78. The third kappa shape index (κ3) is 4.57. The van der Waals surface area contributed by atoms with Gasteiger partial charge in [0.2, 0.25) is 0 Å². The number of methoxy groups -OCH3 is 2. The van der Waals surface area contributed by atoms with Gasteiger partial charge < -0.3 is 14.8 Å². The molecule has 3 rings (SSSR count). The highest BCUT2D eigenvalue weighted by Crippen LogP contribution is 2.33. The van der Waals surface area contributed by atoms with E-state index in [4.69, 9.17) is 9.47 Å². The van der Waals surface area contributed by atoms with Gasteiger partial charge in [-0.05, 0) is 59.7 Å². The van der Waals surface area contributed by atoms with Crippen LogP contribution in [0.15, 0.2) is 72.8 Å². The van der Waals surface area contributed by atoms with E-state index in [0.29, 0.717) is 11.3 Å². The summed E-state index contributed by atoms with van der Waals surface area (Å²) in [5, 5.41) is 3.38. The van der Waals surface area contributed by atoms with Crippen molar-refractivity contribution in [2.75, 3.05) is 19.5 Å². The van der Waals surface area contributed by atoms with Crippen LogP contribution >= 0.6 is 0 Å². The Morgan fingerprint density at radius 3 is 1.54 bits per heavy atom. The fraction of sp³-hybridized carbons (Fsp3) is 0.182. The SMILES string of the molecule is COc1ccc(N[C@H](c2ccc(OC)cc2)c2ccc(C(F)(F)F)cc2)cc1. The van der Waals surface area contributed by atoms with Crippen molar-refractivity contribution in [3.8, 4) is 11.5 Å². The fourth-order valence-electron chi connectivity index (χ4n) is 2.87. The summed E-state index contributed by atoms with van der Waals surface area (Å²) in [6, 6.07) is 19.6. The van der Waals surface area contributed by atoms with E-state index in [1.165, 1.54) is 12.1 Å². The van der Waals surface area contributed by atoms with E-state index >= 15 is 0 Å². The molecule has 0 saturated heterocycles. The number of hydrogen-bond donors (Lipinski definition) is 1. The van der Waals surface area contributed by atoms with Crippen LogP contribution in [0, 0.1) is 0 Å². The summed E-state index contributed by atoms with van der Waals surface area (Å²) in [5.41, 5.74) is 1.76. The maximum absolute atomic E-state index is 12.9. The van der Waals surface area contributed by atoms with Gasteiger partial charge in [0.15, 0.2) is 0 Å². The van der Waals surface area contributed by atoms with Crippen LogP contribution in [0.5, 0.6) is 11.5 Å². The summed E-state index contributed by atoms with van der Waals surface area (Å²) in [4.78, 5) is 0. The Morgan fingerprint density at radius 1 is 0.679 bits per heavy atom. The van der Waals surface area contributed by atoms with E-state index in [-0.39, 0.29) is 6.04 Å². The third-order valence-electron chi connectivity index (χ3n) is 4.42. The van der Waals surface area contributed by atoms with Crippen molar-refractivity contribution < 1.29 is 22.6 Å². The number of rotatable bonds is 6. The molecule has 3 nitrogen and oxygen atoms in total. The maximum Gasteiger partial charge on any atom is 0.416 e. The average Bonchev–Trinajstić information content (AvgIpc) is 2.72. The first-order valence-corrected chi connectivity index (χ1v) is 8.62. The summed E-state index contributed by atoms with van der Waals surface area (Å²) < 4.78 is 49.1. The summed E-state index contributed by atoms with van der Waals surface area (Å²) in [5.74, 6) is 1.43. The van der Waals surface area contributed by atoms with Gasteiger partial charge >= 0.3 is 6.18 Å². The van der Waals surface area contributed by atoms with E-state index in [9.17, 15) is 13.2 Å². The predicted molar refractivity (Wildman–Crippen MR) is 103 cm³/mol. The maximum atomic E-state index is 12.9. The Bertz CT molecular complexity index is 889.